The summed E-state index contributed by atoms with van der Waals surface area (Å²) in [5.41, 5.74) is 3.98. The summed E-state index contributed by atoms with van der Waals surface area (Å²) in [6.45, 7) is 0.305. The number of hydrogen-bond acceptors (Lipinski definition) is 7. The van der Waals surface area contributed by atoms with Crippen molar-refractivity contribution in [1.29, 1.82) is 0 Å². The van der Waals surface area contributed by atoms with E-state index in [4.69, 9.17) is 18.9 Å². The number of aryl methyl sites for hydroxylation is 1. The smallest absolute Gasteiger partial charge is 0.335 e. The summed E-state index contributed by atoms with van der Waals surface area (Å²) in [4.78, 5) is 16.0. The first kappa shape index (κ1) is 30.3. The van der Waals surface area contributed by atoms with Gasteiger partial charge in [-0.3, -0.25) is 4.79 Å². The molecule has 0 amide bonds. The van der Waals surface area contributed by atoms with Crippen LogP contribution in [0.5, 0.6) is 28.7 Å². The number of benzene rings is 4. The Morgan fingerprint density at radius 3 is 2.33 bits per heavy atom. The summed E-state index contributed by atoms with van der Waals surface area (Å²) < 4.78 is 25.0. The molecule has 6 rings (SSSR count). The molecule has 9 heteroatoms. The first-order chi connectivity index (χ1) is 22.0. The summed E-state index contributed by atoms with van der Waals surface area (Å²) in [7, 11) is 1.52. The molecular weight excluding hydrogens is 574 g/mol. The molecule has 1 aliphatic rings. The van der Waals surface area contributed by atoms with Crippen LogP contribution in [-0.4, -0.2) is 59.4 Å². The third-order valence-corrected chi connectivity index (χ3v) is 8.18. The normalized spacial score (nSPS) is 14.4. The number of aromatic nitrogens is 1. The molecule has 1 unspecified atom stereocenters. The minimum atomic E-state index is -0.531. The number of rotatable bonds is 13. The van der Waals surface area contributed by atoms with Gasteiger partial charge in [-0.1, -0.05) is 48.5 Å². The topological polar surface area (TPSA) is 133 Å². The lowest BCUT2D eigenvalue weighted by molar-refractivity contribution is 0.188. The number of aromatic hydroxyl groups is 1. The number of fused-ring (bicyclic) bond motifs is 4. The SMILES string of the molecule is COc1c(OCCCO)c(CCc2cccc3c2ccc2[n-]ccc23)c2c(c1OCCCO)C(=[OH+])CC(c1ccc(O)cc1)O2. The van der Waals surface area contributed by atoms with Crippen molar-refractivity contribution < 1.29 is 39.1 Å². The fourth-order valence-electron chi connectivity index (χ4n) is 6.01. The molecule has 234 valence electrons. The van der Waals surface area contributed by atoms with Crippen molar-refractivity contribution in [3.05, 3.63) is 89.1 Å². The van der Waals surface area contributed by atoms with Crippen LogP contribution in [0.2, 0.25) is 0 Å². The van der Waals surface area contributed by atoms with Crippen molar-refractivity contribution in [2.45, 2.75) is 38.2 Å². The zero-order valence-corrected chi connectivity index (χ0v) is 25.2. The summed E-state index contributed by atoms with van der Waals surface area (Å²) in [6, 6.07) is 19.2. The maximum absolute atomic E-state index is 11.6. The summed E-state index contributed by atoms with van der Waals surface area (Å²) in [6.07, 6.45) is 3.36. The molecular formula is C36H37NO8. The van der Waals surface area contributed by atoms with Crippen LogP contribution in [0.25, 0.3) is 21.7 Å². The highest BCUT2D eigenvalue weighted by Gasteiger charge is 2.41. The minimum absolute atomic E-state index is 0.0441. The largest absolute Gasteiger partial charge is 0.664 e. The van der Waals surface area contributed by atoms with Crippen LogP contribution >= 0.6 is 0 Å². The second-order valence-electron chi connectivity index (χ2n) is 11.0. The Bertz CT molecular complexity index is 1810. The van der Waals surface area contributed by atoms with Crippen molar-refractivity contribution in [2.75, 3.05) is 33.5 Å². The van der Waals surface area contributed by atoms with E-state index in [1.807, 2.05) is 24.4 Å². The highest BCUT2D eigenvalue weighted by Crippen LogP contribution is 2.53. The van der Waals surface area contributed by atoms with Gasteiger partial charge in [-0.15, -0.1) is 5.52 Å². The monoisotopic (exact) mass is 611 g/mol. The minimum Gasteiger partial charge on any atom is -0.664 e. The second kappa shape index (κ2) is 13.5. The molecule has 0 aliphatic carbocycles. The van der Waals surface area contributed by atoms with Crippen LogP contribution < -0.4 is 23.9 Å². The Kier molecular flexibility index (Phi) is 9.09. The summed E-state index contributed by atoms with van der Waals surface area (Å²) in [5.74, 6) is 1.66. The molecule has 0 radical (unpaired) electrons. The van der Waals surface area contributed by atoms with E-state index in [0.717, 1.165) is 32.8 Å². The Morgan fingerprint density at radius 1 is 0.844 bits per heavy atom. The van der Waals surface area contributed by atoms with Gasteiger partial charge >= 0.3 is 5.78 Å². The maximum atomic E-state index is 11.6. The molecule has 45 heavy (non-hydrogen) atoms. The van der Waals surface area contributed by atoms with E-state index in [9.17, 15) is 20.1 Å². The van der Waals surface area contributed by atoms with Crippen LogP contribution in [0.15, 0.2) is 66.9 Å². The molecule has 0 bridgehead atoms. The average molecular weight is 612 g/mol. The number of aliphatic hydroxyl groups excluding tert-OH is 2. The molecule has 4 aromatic carbocycles. The highest BCUT2D eigenvalue weighted by atomic mass is 16.5. The zero-order valence-electron chi connectivity index (χ0n) is 25.2. The molecule has 0 spiro atoms. The van der Waals surface area contributed by atoms with Crippen molar-refractivity contribution in [3.8, 4) is 28.7 Å². The molecule has 5 aromatic rings. The lowest BCUT2D eigenvalue weighted by Crippen LogP contribution is -2.24. The van der Waals surface area contributed by atoms with Crippen molar-refractivity contribution in [2.24, 2.45) is 0 Å². The van der Waals surface area contributed by atoms with Gasteiger partial charge in [0.25, 0.3) is 0 Å². The molecule has 2 heterocycles. The summed E-state index contributed by atoms with van der Waals surface area (Å²) >= 11 is 0. The van der Waals surface area contributed by atoms with E-state index in [-0.39, 0.29) is 50.1 Å². The Hall–Kier alpha value is -4.73. The molecule has 9 nitrogen and oxygen atoms in total. The van der Waals surface area contributed by atoms with Crippen molar-refractivity contribution in [3.63, 3.8) is 0 Å². The van der Waals surface area contributed by atoms with Crippen LogP contribution in [0.1, 0.15) is 47.6 Å². The number of aliphatic hydroxyl groups is 2. The number of phenolic OH excluding ortho intramolecular Hbond substituents is 1. The highest BCUT2D eigenvalue weighted by molar-refractivity contribution is 6.07. The van der Waals surface area contributed by atoms with Gasteiger partial charge in [-0.25, -0.2) is 0 Å². The predicted molar refractivity (Wildman–Crippen MR) is 172 cm³/mol. The van der Waals surface area contributed by atoms with E-state index in [0.29, 0.717) is 54.1 Å². The number of carbonyl (C=O) groups excluding carboxylic acids is 1. The van der Waals surface area contributed by atoms with Gasteiger partial charge in [0.1, 0.15) is 24.0 Å². The maximum Gasteiger partial charge on any atom is 0.335 e. The summed E-state index contributed by atoms with van der Waals surface area (Å²) in [5, 5.41) is 32.2. The second-order valence-corrected chi connectivity index (χ2v) is 11.0. The van der Waals surface area contributed by atoms with Gasteiger partial charge in [0, 0.05) is 31.6 Å². The Balaban J connectivity index is 1.48. The molecule has 4 N–H and O–H groups in total. The van der Waals surface area contributed by atoms with Crippen molar-refractivity contribution in [1.82, 2.24) is 4.98 Å². The van der Waals surface area contributed by atoms with Crippen LogP contribution in [0.3, 0.4) is 0 Å². The van der Waals surface area contributed by atoms with E-state index in [2.05, 4.69) is 23.2 Å². The number of nitrogens with zero attached hydrogens (tertiary/aromatic N) is 1. The molecule has 1 aliphatic heterocycles. The van der Waals surface area contributed by atoms with Crippen LogP contribution in [0, 0.1) is 0 Å². The number of ether oxygens (including phenoxy) is 4. The third-order valence-electron chi connectivity index (χ3n) is 8.18. The van der Waals surface area contributed by atoms with Crippen LogP contribution in [0.4, 0.5) is 0 Å². The van der Waals surface area contributed by atoms with Crippen molar-refractivity contribution >= 4 is 27.5 Å². The molecule has 1 aromatic heterocycles. The van der Waals surface area contributed by atoms with Gasteiger partial charge in [-0.2, -0.15) is 6.20 Å². The van der Waals surface area contributed by atoms with Gasteiger partial charge in [0.15, 0.2) is 17.1 Å². The van der Waals surface area contributed by atoms with Crippen LogP contribution in [-0.2, 0) is 12.8 Å². The first-order valence-electron chi connectivity index (χ1n) is 15.2. The van der Waals surface area contributed by atoms with Gasteiger partial charge < -0.3 is 39.3 Å². The van der Waals surface area contributed by atoms with Gasteiger partial charge in [0.05, 0.1) is 20.3 Å². The standard InChI is InChI=1S/C36H36NO8/c1-42-36-34(43-19-3-17-38)28(12-9-22-5-2-6-26-25(22)13-14-29-27(26)15-16-37-29)33-32(35(36)44-20-4-18-39)30(41)21-31(45-33)23-7-10-24(40)11-8-23/h2,5-8,10-11,13-16,31,38-40H,3-4,9,12,17-21H2,1H3/q-1/p+1. The number of phenols is 1. The van der Waals surface area contributed by atoms with E-state index in [1.165, 1.54) is 7.11 Å². The molecule has 0 fully saturated rings. The molecule has 0 saturated carbocycles. The predicted octanol–water partition coefficient (Wildman–Crippen LogP) is 5.39. The average Bonchev–Trinajstić information content (AvgIpc) is 3.54. The quantitative estimate of drug-likeness (QED) is 0.119. The molecule has 1 atom stereocenters. The lowest BCUT2D eigenvalue weighted by Gasteiger charge is -2.29. The molecule has 0 saturated heterocycles. The van der Waals surface area contributed by atoms with E-state index >= 15 is 0 Å². The fraction of sp³-hybridized carbons (Fsp3) is 0.306. The van der Waals surface area contributed by atoms with Gasteiger partial charge in [-0.05, 0) is 52.3 Å². The third kappa shape index (κ3) is 6.01. The Labute approximate surface area is 260 Å². The fourth-order valence-corrected chi connectivity index (χ4v) is 6.01. The number of hydrogen-bond donors (Lipinski definition) is 3. The van der Waals surface area contributed by atoms with Gasteiger partial charge in [0.2, 0.25) is 5.75 Å². The first-order valence-corrected chi connectivity index (χ1v) is 15.2. The number of methoxy groups -OCH3 is 1. The number of ketones is 1. The Morgan fingerprint density at radius 2 is 1.60 bits per heavy atom. The lowest BCUT2D eigenvalue weighted by atomic mass is 9.90. The van der Waals surface area contributed by atoms with E-state index < -0.39 is 6.10 Å². The zero-order chi connectivity index (χ0) is 31.3. The van der Waals surface area contributed by atoms with E-state index in [1.54, 1.807) is 24.3 Å².